The summed E-state index contributed by atoms with van der Waals surface area (Å²) in [7, 11) is 0. The lowest BCUT2D eigenvalue weighted by Crippen LogP contribution is -2.25. The van der Waals surface area contributed by atoms with Gasteiger partial charge in [0.1, 0.15) is 0 Å². The quantitative estimate of drug-likeness (QED) is 0.600. The molecule has 0 bridgehead atoms. The van der Waals surface area contributed by atoms with E-state index in [1.165, 1.54) is 17.8 Å². The molecule has 0 saturated carbocycles. The maximum atomic E-state index is 11.4. The summed E-state index contributed by atoms with van der Waals surface area (Å²) < 4.78 is 0. The van der Waals surface area contributed by atoms with Gasteiger partial charge in [-0.2, -0.15) is 5.26 Å². The third-order valence-electron chi connectivity index (χ3n) is 2.04. The van der Waals surface area contributed by atoms with Crippen LogP contribution in [0.25, 0.3) is 0 Å². The number of benzene rings is 1. The van der Waals surface area contributed by atoms with Crippen LogP contribution in [0.15, 0.2) is 29.2 Å². The first-order chi connectivity index (χ1) is 8.65. The number of carboxylic acid groups (broad SMARTS) is 1. The summed E-state index contributed by atoms with van der Waals surface area (Å²) in [6.07, 6.45) is 0.266. The molecular weight excluding hydrogens is 252 g/mol. The SMILES string of the molecule is N#CCCNC(=O)CSc1ccccc1C(=O)O. The van der Waals surface area contributed by atoms with Crippen LogP contribution in [0.5, 0.6) is 0 Å². The minimum atomic E-state index is -1.01. The number of hydrogen-bond donors (Lipinski definition) is 2. The van der Waals surface area contributed by atoms with Gasteiger partial charge in [0.15, 0.2) is 0 Å². The van der Waals surface area contributed by atoms with Crippen LogP contribution in [0, 0.1) is 11.3 Å². The fraction of sp³-hybridized carbons (Fsp3) is 0.250. The van der Waals surface area contributed by atoms with E-state index in [9.17, 15) is 9.59 Å². The molecule has 0 aromatic heterocycles. The molecule has 1 aromatic carbocycles. The van der Waals surface area contributed by atoms with E-state index in [0.717, 1.165) is 0 Å². The Hall–Kier alpha value is -2.00. The normalized spacial score (nSPS) is 9.50. The zero-order valence-electron chi connectivity index (χ0n) is 9.55. The van der Waals surface area contributed by atoms with Crippen molar-refractivity contribution in [1.82, 2.24) is 5.32 Å². The zero-order chi connectivity index (χ0) is 13.4. The number of carboxylic acids is 1. The highest BCUT2D eigenvalue weighted by molar-refractivity contribution is 8.00. The Labute approximate surface area is 109 Å². The molecule has 0 heterocycles. The molecular formula is C12H12N2O3S. The molecule has 0 atom stereocenters. The minimum absolute atomic E-state index is 0.135. The zero-order valence-corrected chi connectivity index (χ0v) is 10.4. The molecule has 0 aliphatic rings. The van der Waals surface area contributed by atoms with Crippen molar-refractivity contribution in [3.05, 3.63) is 29.8 Å². The number of hydrogen-bond acceptors (Lipinski definition) is 4. The smallest absolute Gasteiger partial charge is 0.336 e. The number of rotatable bonds is 6. The fourth-order valence-electron chi connectivity index (χ4n) is 1.22. The largest absolute Gasteiger partial charge is 0.478 e. The standard InChI is InChI=1S/C12H12N2O3S/c13-6-3-7-14-11(15)8-18-10-5-2-1-4-9(10)12(16)17/h1-2,4-5H,3,7-8H2,(H,14,15)(H,16,17). The third kappa shape index (κ3) is 4.47. The van der Waals surface area contributed by atoms with Crippen LogP contribution in [-0.4, -0.2) is 29.3 Å². The topological polar surface area (TPSA) is 90.2 Å². The number of nitrogens with zero attached hydrogens (tertiary/aromatic N) is 1. The van der Waals surface area contributed by atoms with Gasteiger partial charge in [0.25, 0.3) is 0 Å². The molecule has 2 N–H and O–H groups in total. The Kier molecular flexibility index (Phi) is 5.74. The van der Waals surface area contributed by atoms with Gasteiger partial charge in [0, 0.05) is 11.4 Å². The van der Waals surface area contributed by atoms with Crippen molar-refractivity contribution in [3.63, 3.8) is 0 Å². The van der Waals surface area contributed by atoms with Crippen molar-refractivity contribution in [2.75, 3.05) is 12.3 Å². The lowest BCUT2D eigenvalue weighted by atomic mass is 10.2. The van der Waals surface area contributed by atoms with Crippen molar-refractivity contribution >= 4 is 23.6 Å². The van der Waals surface area contributed by atoms with Crippen molar-refractivity contribution in [2.24, 2.45) is 0 Å². The number of carbonyl (C=O) groups excluding carboxylic acids is 1. The van der Waals surface area contributed by atoms with Crippen LogP contribution in [0.1, 0.15) is 16.8 Å². The first-order valence-corrected chi connectivity index (χ1v) is 6.22. The van der Waals surface area contributed by atoms with Gasteiger partial charge in [0.2, 0.25) is 5.91 Å². The maximum absolute atomic E-state index is 11.4. The van der Waals surface area contributed by atoms with Gasteiger partial charge in [-0.05, 0) is 12.1 Å². The lowest BCUT2D eigenvalue weighted by molar-refractivity contribution is -0.118. The average Bonchev–Trinajstić information content (AvgIpc) is 2.37. The van der Waals surface area contributed by atoms with Crippen LogP contribution in [0.4, 0.5) is 0 Å². The van der Waals surface area contributed by atoms with Gasteiger partial charge in [-0.25, -0.2) is 4.79 Å². The van der Waals surface area contributed by atoms with E-state index in [1.807, 2.05) is 6.07 Å². The second kappa shape index (κ2) is 7.35. The van der Waals surface area contributed by atoms with E-state index in [1.54, 1.807) is 18.2 Å². The summed E-state index contributed by atoms with van der Waals surface area (Å²) in [4.78, 5) is 22.9. The molecule has 18 heavy (non-hydrogen) atoms. The molecule has 0 fully saturated rings. The average molecular weight is 264 g/mol. The van der Waals surface area contributed by atoms with Crippen LogP contribution in [0.3, 0.4) is 0 Å². The van der Waals surface area contributed by atoms with Crippen molar-refractivity contribution in [2.45, 2.75) is 11.3 Å². The number of aromatic carboxylic acids is 1. The van der Waals surface area contributed by atoms with Gasteiger partial charge in [-0.3, -0.25) is 4.79 Å². The Morgan fingerprint density at radius 3 is 2.78 bits per heavy atom. The second-order valence-electron chi connectivity index (χ2n) is 3.35. The summed E-state index contributed by atoms with van der Waals surface area (Å²) in [5, 5.41) is 19.8. The van der Waals surface area contributed by atoms with Gasteiger partial charge in [0.05, 0.1) is 23.8 Å². The predicted octanol–water partition coefficient (Wildman–Crippen LogP) is 1.51. The summed E-state index contributed by atoms with van der Waals surface area (Å²) in [6, 6.07) is 8.45. The molecule has 1 rings (SSSR count). The van der Waals surface area contributed by atoms with Crippen LogP contribution in [-0.2, 0) is 4.79 Å². The fourth-order valence-corrected chi connectivity index (χ4v) is 2.10. The number of carbonyl (C=O) groups is 2. The first-order valence-electron chi connectivity index (χ1n) is 5.24. The molecule has 5 nitrogen and oxygen atoms in total. The lowest BCUT2D eigenvalue weighted by Gasteiger charge is -2.05. The Bertz CT molecular complexity index is 482. The molecule has 0 aliphatic carbocycles. The van der Waals surface area contributed by atoms with E-state index >= 15 is 0 Å². The van der Waals surface area contributed by atoms with E-state index in [0.29, 0.717) is 11.4 Å². The highest BCUT2D eigenvalue weighted by Crippen LogP contribution is 2.22. The number of nitriles is 1. The Morgan fingerprint density at radius 1 is 1.39 bits per heavy atom. The monoisotopic (exact) mass is 264 g/mol. The van der Waals surface area contributed by atoms with Gasteiger partial charge < -0.3 is 10.4 Å². The number of amides is 1. The van der Waals surface area contributed by atoms with Crippen LogP contribution in [0.2, 0.25) is 0 Å². The summed E-state index contributed by atoms with van der Waals surface area (Å²) in [5.41, 5.74) is 0.187. The molecule has 1 aromatic rings. The number of nitrogens with one attached hydrogen (secondary N) is 1. The summed E-state index contributed by atoms with van der Waals surface area (Å²) in [6.45, 7) is 0.316. The summed E-state index contributed by atoms with van der Waals surface area (Å²) >= 11 is 1.17. The molecule has 0 spiro atoms. The minimum Gasteiger partial charge on any atom is -0.478 e. The molecule has 0 saturated heterocycles. The maximum Gasteiger partial charge on any atom is 0.336 e. The first kappa shape index (κ1) is 14.1. The van der Waals surface area contributed by atoms with Gasteiger partial charge in [-0.15, -0.1) is 11.8 Å². The Morgan fingerprint density at radius 2 is 2.11 bits per heavy atom. The Balaban J connectivity index is 2.51. The number of thioether (sulfide) groups is 1. The van der Waals surface area contributed by atoms with Crippen molar-refractivity contribution in [1.29, 1.82) is 5.26 Å². The van der Waals surface area contributed by atoms with Gasteiger partial charge in [-0.1, -0.05) is 12.1 Å². The van der Waals surface area contributed by atoms with E-state index in [4.69, 9.17) is 10.4 Å². The van der Waals surface area contributed by atoms with Gasteiger partial charge >= 0.3 is 5.97 Å². The highest BCUT2D eigenvalue weighted by atomic mass is 32.2. The molecule has 94 valence electrons. The molecule has 0 radical (unpaired) electrons. The molecule has 0 unspecified atom stereocenters. The van der Waals surface area contributed by atoms with E-state index < -0.39 is 5.97 Å². The third-order valence-corrected chi connectivity index (χ3v) is 3.11. The van der Waals surface area contributed by atoms with Crippen LogP contribution < -0.4 is 5.32 Å². The van der Waals surface area contributed by atoms with Crippen LogP contribution >= 0.6 is 11.8 Å². The molecule has 0 aliphatic heterocycles. The van der Waals surface area contributed by atoms with Crippen molar-refractivity contribution < 1.29 is 14.7 Å². The highest BCUT2D eigenvalue weighted by Gasteiger charge is 2.10. The van der Waals surface area contributed by atoms with E-state index in [2.05, 4.69) is 5.32 Å². The second-order valence-corrected chi connectivity index (χ2v) is 4.37. The summed E-state index contributed by atoms with van der Waals surface area (Å²) in [5.74, 6) is -1.09. The van der Waals surface area contributed by atoms with E-state index in [-0.39, 0.29) is 23.6 Å². The predicted molar refractivity (Wildman–Crippen MR) is 67.4 cm³/mol. The molecule has 1 amide bonds. The van der Waals surface area contributed by atoms with Crippen molar-refractivity contribution in [3.8, 4) is 6.07 Å². The molecule has 6 heteroatoms.